The molecule has 0 aliphatic heterocycles. The molecule has 12 aromatic carbocycles. The number of aromatic nitrogens is 8. The molecule has 6 heterocycles. The first-order chi connectivity index (χ1) is 41.2. The Morgan fingerprint density at radius 2 is 0.470 bits per heavy atom. The standard InChI is InChI=1S/C75H46N8/c1-3-23-47(24-4-1)79-61-35-15-9-29-51(61)57-43-59-53-31-11-17-37-63(53)81(71(59)45-69(57)79)67-41-21-13-33-55(67)73-76-74(78-75(77-73)83-65-39-19-7-27-49(65)50-28-8-20-40-66(50)83)56-34-14-22-42-68(56)82-64-38-18-12-32-54(64)60-44-58-52-30-10-16-36-62(52)80(70(58)46-72(60)82)48-25-5-2-6-26-48/h1-46H. The van der Waals surface area contributed by atoms with Gasteiger partial charge in [0.05, 0.1) is 66.5 Å². The molecule has 0 fully saturated rings. The second kappa shape index (κ2) is 17.6. The van der Waals surface area contributed by atoms with E-state index in [1.165, 1.54) is 43.1 Å². The zero-order chi connectivity index (χ0) is 54.3. The van der Waals surface area contributed by atoms with Gasteiger partial charge >= 0.3 is 0 Å². The van der Waals surface area contributed by atoms with E-state index in [0.717, 1.165) is 99.8 Å². The third-order valence-electron chi connectivity index (χ3n) is 17.1. The molecule has 0 N–H and O–H groups in total. The van der Waals surface area contributed by atoms with Crippen LogP contribution in [-0.2, 0) is 0 Å². The normalized spacial score (nSPS) is 12.1. The molecule has 83 heavy (non-hydrogen) atoms. The van der Waals surface area contributed by atoms with Crippen LogP contribution in [0.25, 0.3) is 161 Å². The lowest BCUT2D eigenvalue weighted by Gasteiger charge is -2.17. The molecule has 18 aromatic rings. The highest BCUT2D eigenvalue weighted by molar-refractivity contribution is 6.21. The largest absolute Gasteiger partial charge is 0.309 e. The summed E-state index contributed by atoms with van der Waals surface area (Å²) in [5.74, 6) is 1.64. The summed E-state index contributed by atoms with van der Waals surface area (Å²) in [6.45, 7) is 0. The van der Waals surface area contributed by atoms with Gasteiger partial charge in [-0.05, 0) is 109 Å². The van der Waals surface area contributed by atoms with Crippen molar-refractivity contribution in [1.29, 1.82) is 0 Å². The maximum absolute atomic E-state index is 5.70. The first kappa shape index (κ1) is 45.5. The monoisotopic (exact) mass is 1060 g/mol. The van der Waals surface area contributed by atoms with Gasteiger partial charge in [0, 0.05) is 76.4 Å². The van der Waals surface area contributed by atoms with E-state index in [2.05, 4.69) is 302 Å². The van der Waals surface area contributed by atoms with Gasteiger partial charge in [-0.2, -0.15) is 9.97 Å². The summed E-state index contributed by atoms with van der Waals surface area (Å²) in [6.07, 6.45) is 0. The molecular formula is C75H46N8. The molecule has 0 spiro atoms. The minimum Gasteiger partial charge on any atom is -0.309 e. The lowest BCUT2D eigenvalue weighted by Crippen LogP contribution is -2.09. The SMILES string of the molecule is c1ccc(-n2c3ccccc3c3cc4c5ccccc5n(-c5ccccc5-c5nc(-c6ccccc6-n6c7ccccc7c7cc8c9ccccc9n(-c9ccccc9)c8cc76)nc(-n6c7ccccc7c7ccccc76)n5)c4cc32)cc1. The predicted octanol–water partition coefficient (Wildman–Crippen LogP) is 18.7. The highest BCUT2D eigenvalue weighted by Gasteiger charge is 2.26. The first-order valence-electron chi connectivity index (χ1n) is 28.2. The second-order valence-corrected chi connectivity index (χ2v) is 21.5. The van der Waals surface area contributed by atoms with E-state index in [9.17, 15) is 0 Å². The maximum Gasteiger partial charge on any atom is 0.238 e. The molecule has 0 saturated carbocycles. The van der Waals surface area contributed by atoms with Gasteiger partial charge in [0.2, 0.25) is 5.95 Å². The molecule has 8 nitrogen and oxygen atoms in total. The van der Waals surface area contributed by atoms with Crippen molar-refractivity contribution < 1.29 is 0 Å². The minimum absolute atomic E-state index is 0.527. The minimum atomic E-state index is 0.527. The lowest BCUT2D eigenvalue weighted by atomic mass is 10.1. The number of para-hydroxylation sites is 10. The van der Waals surface area contributed by atoms with Crippen LogP contribution in [0.3, 0.4) is 0 Å². The van der Waals surface area contributed by atoms with Crippen molar-refractivity contribution in [3.8, 4) is 51.5 Å². The zero-order valence-electron chi connectivity index (χ0n) is 44.6. The van der Waals surface area contributed by atoms with Crippen molar-refractivity contribution in [3.05, 3.63) is 279 Å². The molecule has 8 heteroatoms. The highest BCUT2D eigenvalue weighted by Crippen LogP contribution is 2.44. The van der Waals surface area contributed by atoms with E-state index in [0.29, 0.717) is 17.6 Å². The van der Waals surface area contributed by atoms with Gasteiger partial charge in [0.25, 0.3) is 0 Å². The van der Waals surface area contributed by atoms with Crippen LogP contribution in [0.4, 0.5) is 0 Å². The Morgan fingerprint density at radius 1 is 0.193 bits per heavy atom. The first-order valence-corrected chi connectivity index (χ1v) is 28.2. The summed E-state index contributed by atoms with van der Waals surface area (Å²) in [6, 6.07) is 100. The summed E-state index contributed by atoms with van der Waals surface area (Å²) in [5, 5.41) is 11.8. The van der Waals surface area contributed by atoms with E-state index in [-0.39, 0.29) is 0 Å². The number of benzene rings is 12. The van der Waals surface area contributed by atoms with Crippen LogP contribution in [0.1, 0.15) is 0 Å². The summed E-state index contributed by atoms with van der Waals surface area (Å²) < 4.78 is 11.8. The molecule has 0 aliphatic carbocycles. The maximum atomic E-state index is 5.70. The van der Waals surface area contributed by atoms with Gasteiger partial charge in [0.1, 0.15) is 0 Å². The van der Waals surface area contributed by atoms with Gasteiger partial charge in [-0.25, -0.2) is 4.98 Å². The molecule has 0 unspecified atom stereocenters. The van der Waals surface area contributed by atoms with Crippen LogP contribution in [0.5, 0.6) is 0 Å². The third kappa shape index (κ3) is 6.60. The van der Waals surface area contributed by atoms with Crippen molar-refractivity contribution in [2.24, 2.45) is 0 Å². The van der Waals surface area contributed by atoms with E-state index in [1.54, 1.807) is 0 Å². The Balaban J connectivity index is 0.919. The van der Waals surface area contributed by atoms with Crippen LogP contribution < -0.4 is 0 Å². The summed E-state index contributed by atoms with van der Waals surface area (Å²) in [5.41, 5.74) is 16.8. The van der Waals surface area contributed by atoms with E-state index in [1.807, 2.05) is 0 Å². The molecule has 0 aliphatic rings. The molecular weight excluding hydrogens is 1010 g/mol. The average molecular weight is 1060 g/mol. The van der Waals surface area contributed by atoms with E-state index < -0.39 is 0 Å². The fourth-order valence-electron chi connectivity index (χ4n) is 13.7. The van der Waals surface area contributed by atoms with E-state index in [4.69, 9.17) is 15.0 Å². The summed E-state index contributed by atoms with van der Waals surface area (Å²) >= 11 is 0. The number of hydrogen-bond donors (Lipinski definition) is 0. The fraction of sp³-hybridized carbons (Fsp3) is 0. The van der Waals surface area contributed by atoms with Gasteiger partial charge in [0.15, 0.2) is 11.6 Å². The molecule has 0 radical (unpaired) electrons. The lowest BCUT2D eigenvalue weighted by molar-refractivity contribution is 0.950. The van der Waals surface area contributed by atoms with Crippen molar-refractivity contribution >= 4 is 109 Å². The van der Waals surface area contributed by atoms with Crippen LogP contribution in [-0.4, -0.2) is 37.8 Å². The predicted molar refractivity (Wildman–Crippen MR) is 342 cm³/mol. The van der Waals surface area contributed by atoms with Crippen molar-refractivity contribution in [2.75, 3.05) is 0 Å². The molecule has 0 amide bonds. The third-order valence-corrected chi connectivity index (χ3v) is 17.1. The fourth-order valence-corrected chi connectivity index (χ4v) is 13.7. The molecule has 18 rings (SSSR count). The summed E-state index contributed by atoms with van der Waals surface area (Å²) in [7, 11) is 0. The Morgan fingerprint density at radius 3 is 0.843 bits per heavy atom. The van der Waals surface area contributed by atoms with Gasteiger partial charge in [-0.15, -0.1) is 0 Å². The molecule has 0 saturated heterocycles. The Labute approximate surface area is 474 Å². The van der Waals surface area contributed by atoms with Crippen LogP contribution >= 0.6 is 0 Å². The van der Waals surface area contributed by atoms with Gasteiger partial charge < -0.3 is 18.3 Å². The summed E-state index contributed by atoms with van der Waals surface area (Å²) in [4.78, 5) is 17.0. The van der Waals surface area contributed by atoms with Crippen LogP contribution in [0.15, 0.2) is 279 Å². The molecule has 0 bridgehead atoms. The van der Waals surface area contributed by atoms with E-state index >= 15 is 0 Å². The van der Waals surface area contributed by atoms with Gasteiger partial charge in [-0.1, -0.05) is 170 Å². The van der Waals surface area contributed by atoms with Crippen LogP contribution in [0, 0.1) is 0 Å². The number of rotatable bonds is 7. The van der Waals surface area contributed by atoms with Crippen molar-refractivity contribution in [3.63, 3.8) is 0 Å². The zero-order valence-corrected chi connectivity index (χ0v) is 44.6. The Bertz CT molecular complexity index is 5350. The Kier molecular flexibility index (Phi) is 9.64. The van der Waals surface area contributed by atoms with Crippen LogP contribution in [0.2, 0.25) is 0 Å². The molecule has 386 valence electrons. The molecule has 6 aromatic heterocycles. The topological polar surface area (TPSA) is 63.3 Å². The number of fused-ring (bicyclic) bond motifs is 15. The van der Waals surface area contributed by atoms with Crippen molar-refractivity contribution in [1.82, 2.24) is 37.8 Å². The highest BCUT2D eigenvalue weighted by atomic mass is 15.2. The Hall–Kier alpha value is -11.4. The second-order valence-electron chi connectivity index (χ2n) is 21.5. The quantitative estimate of drug-likeness (QED) is 0.160. The van der Waals surface area contributed by atoms with Crippen molar-refractivity contribution in [2.45, 2.75) is 0 Å². The van der Waals surface area contributed by atoms with Gasteiger partial charge in [-0.3, -0.25) is 4.57 Å². The molecule has 0 atom stereocenters. The number of hydrogen-bond acceptors (Lipinski definition) is 3. The number of nitrogens with zero attached hydrogens (tertiary/aromatic N) is 8. The average Bonchev–Trinajstić information content (AvgIpc) is 2.15. The smallest absolute Gasteiger partial charge is 0.238 e.